The van der Waals surface area contributed by atoms with E-state index >= 15 is 0 Å². The molecule has 0 aliphatic carbocycles. The summed E-state index contributed by atoms with van der Waals surface area (Å²) >= 11 is 0. The molecule has 2 nitrogen and oxygen atoms in total. The van der Waals surface area contributed by atoms with Crippen molar-refractivity contribution < 1.29 is 0 Å². The molecule has 1 atom stereocenters. The Kier molecular flexibility index (Phi) is 10.4. The number of nitroso groups, excluding NO2 is 1. The quantitative estimate of drug-likeness (QED) is 0.375. The molecule has 0 N–H and O–H groups in total. The summed E-state index contributed by atoms with van der Waals surface area (Å²) < 4.78 is 0. The Hall–Kier alpha value is -0.400. The van der Waals surface area contributed by atoms with Gasteiger partial charge in [0.2, 0.25) is 0 Å². The van der Waals surface area contributed by atoms with Gasteiger partial charge in [-0.1, -0.05) is 64.0 Å². The van der Waals surface area contributed by atoms with Crippen LogP contribution in [0.5, 0.6) is 0 Å². The smallest absolute Gasteiger partial charge is 0.0813 e. The van der Waals surface area contributed by atoms with E-state index in [1.807, 2.05) is 0 Å². The minimum Gasteiger partial charge on any atom is -0.151 e. The summed E-state index contributed by atoms with van der Waals surface area (Å²) in [6.07, 6.45) is 10.4. The molecule has 14 heavy (non-hydrogen) atoms. The van der Waals surface area contributed by atoms with Crippen molar-refractivity contribution in [2.45, 2.75) is 65.2 Å². The zero-order valence-corrected chi connectivity index (χ0v) is 9.80. The van der Waals surface area contributed by atoms with E-state index in [9.17, 15) is 4.91 Å². The molecule has 0 aromatic carbocycles. The van der Waals surface area contributed by atoms with Gasteiger partial charge < -0.3 is 0 Å². The maximum Gasteiger partial charge on any atom is 0.0813 e. The summed E-state index contributed by atoms with van der Waals surface area (Å²) in [4.78, 5) is 9.91. The first-order chi connectivity index (χ1) is 6.81. The van der Waals surface area contributed by atoms with Gasteiger partial charge in [-0.3, -0.25) is 0 Å². The molecular formula is C12H25NO. The lowest BCUT2D eigenvalue weighted by atomic mass is 9.99. The highest BCUT2D eigenvalue weighted by atomic mass is 16.3. The third kappa shape index (κ3) is 9.69. The van der Waals surface area contributed by atoms with Crippen molar-refractivity contribution in [2.24, 2.45) is 11.1 Å². The van der Waals surface area contributed by atoms with E-state index < -0.39 is 0 Å². The maximum atomic E-state index is 9.91. The minimum atomic E-state index is 0.497. The molecule has 0 heterocycles. The van der Waals surface area contributed by atoms with Gasteiger partial charge in [-0.2, -0.15) is 4.91 Å². The largest absolute Gasteiger partial charge is 0.151 e. The van der Waals surface area contributed by atoms with Crippen LogP contribution in [-0.2, 0) is 0 Å². The monoisotopic (exact) mass is 199 g/mol. The van der Waals surface area contributed by atoms with Crippen LogP contribution in [-0.4, -0.2) is 6.54 Å². The number of hydrogen-bond donors (Lipinski definition) is 0. The van der Waals surface area contributed by atoms with Gasteiger partial charge in [0, 0.05) is 0 Å². The van der Waals surface area contributed by atoms with E-state index in [1.165, 1.54) is 44.9 Å². The number of rotatable bonds is 10. The molecule has 0 amide bonds. The first-order valence-corrected chi connectivity index (χ1v) is 6.10. The Morgan fingerprint density at radius 3 is 2.29 bits per heavy atom. The van der Waals surface area contributed by atoms with Crippen molar-refractivity contribution in [2.75, 3.05) is 6.54 Å². The van der Waals surface area contributed by atoms with Crippen LogP contribution in [0.1, 0.15) is 65.2 Å². The minimum absolute atomic E-state index is 0.497. The molecule has 1 unspecified atom stereocenters. The Bertz CT molecular complexity index is 125. The first kappa shape index (κ1) is 13.6. The second-order valence-corrected chi connectivity index (χ2v) is 4.30. The van der Waals surface area contributed by atoms with Crippen molar-refractivity contribution >= 4 is 0 Å². The molecular weight excluding hydrogens is 174 g/mol. The molecule has 0 spiro atoms. The maximum absolute atomic E-state index is 9.91. The van der Waals surface area contributed by atoms with E-state index in [0.717, 1.165) is 6.42 Å². The first-order valence-electron chi connectivity index (χ1n) is 6.10. The van der Waals surface area contributed by atoms with Crippen LogP contribution in [0, 0.1) is 10.8 Å². The van der Waals surface area contributed by atoms with E-state index in [-0.39, 0.29) is 0 Å². The van der Waals surface area contributed by atoms with Crippen LogP contribution in [0.2, 0.25) is 0 Å². The van der Waals surface area contributed by atoms with Gasteiger partial charge in [-0.15, -0.1) is 0 Å². The topological polar surface area (TPSA) is 29.4 Å². The average Bonchev–Trinajstić information content (AvgIpc) is 2.20. The summed E-state index contributed by atoms with van der Waals surface area (Å²) in [5.41, 5.74) is 0. The molecule has 84 valence electrons. The summed E-state index contributed by atoms with van der Waals surface area (Å²) in [6.45, 7) is 4.96. The van der Waals surface area contributed by atoms with Crippen molar-refractivity contribution in [3.63, 3.8) is 0 Å². The fraction of sp³-hybridized carbons (Fsp3) is 1.00. The summed E-state index contributed by atoms with van der Waals surface area (Å²) in [5, 5.41) is 2.89. The van der Waals surface area contributed by atoms with Crippen LogP contribution in [0.25, 0.3) is 0 Å². The lowest BCUT2D eigenvalue weighted by Gasteiger charge is -2.08. The second-order valence-electron chi connectivity index (χ2n) is 4.30. The van der Waals surface area contributed by atoms with Crippen molar-refractivity contribution in [1.29, 1.82) is 0 Å². The zero-order valence-electron chi connectivity index (χ0n) is 9.80. The average molecular weight is 199 g/mol. The van der Waals surface area contributed by atoms with Crippen LogP contribution < -0.4 is 0 Å². The Balaban J connectivity index is 3.06. The van der Waals surface area contributed by atoms with E-state index in [4.69, 9.17) is 0 Å². The van der Waals surface area contributed by atoms with Crippen LogP contribution in [0.15, 0.2) is 5.18 Å². The molecule has 0 rings (SSSR count). The second kappa shape index (κ2) is 10.7. The van der Waals surface area contributed by atoms with Gasteiger partial charge in [0.25, 0.3) is 0 Å². The fourth-order valence-electron chi connectivity index (χ4n) is 1.69. The lowest BCUT2D eigenvalue weighted by molar-refractivity contribution is 0.461. The van der Waals surface area contributed by atoms with Crippen molar-refractivity contribution in [3.05, 3.63) is 4.91 Å². The van der Waals surface area contributed by atoms with Gasteiger partial charge in [-0.25, -0.2) is 0 Å². The molecule has 0 aromatic rings. The highest BCUT2D eigenvalue weighted by molar-refractivity contribution is 4.55. The zero-order chi connectivity index (χ0) is 10.6. The van der Waals surface area contributed by atoms with Gasteiger partial charge in [0.1, 0.15) is 0 Å². The van der Waals surface area contributed by atoms with Gasteiger partial charge in [0.05, 0.1) is 6.54 Å². The number of nitrogens with zero attached hydrogens (tertiary/aromatic N) is 1. The van der Waals surface area contributed by atoms with Crippen LogP contribution >= 0.6 is 0 Å². The lowest BCUT2D eigenvalue weighted by Crippen LogP contribution is -1.96. The molecule has 0 saturated heterocycles. The highest BCUT2D eigenvalue weighted by Crippen LogP contribution is 2.14. The molecule has 0 aliphatic heterocycles. The molecule has 0 fully saturated rings. The van der Waals surface area contributed by atoms with E-state index in [1.54, 1.807) is 0 Å². The Morgan fingerprint density at radius 1 is 1.00 bits per heavy atom. The molecule has 0 bridgehead atoms. The predicted molar refractivity (Wildman–Crippen MR) is 62.4 cm³/mol. The highest BCUT2D eigenvalue weighted by Gasteiger charge is 2.01. The van der Waals surface area contributed by atoms with Gasteiger partial charge in [-0.05, 0) is 12.3 Å². The summed E-state index contributed by atoms with van der Waals surface area (Å²) in [5.74, 6) is 0.680. The molecule has 0 saturated carbocycles. The van der Waals surface area contributed by atoms with Crippen molar-refractivity contribution in [1.82, 2.24) is 0 Å². The molecule has 0 radical (unpaired) electrons. The van der Waals surface area contributed by atoms with Gasteiger partial charge >= 0.3 is 0 Å². The fourth-order valence-corrected chi connectivity index (χ4v) is 1.69. The normalized spacial score (nSPS) is 12.7. The number of hydrogen-bond acceptors (Lipinski definition) is 2. The molecule has 2 heteroatoms. The standard InChI is InChI=1S/C12H25NO/c1-3-4-5-6-7-8-9-12(2)10-11-13-14/h12H,3-11H2,1-2H3. The predicted octanol–water partition coefficient (Wildman–Crippen LogP) is 4.53. The summed E-state index contributed by atoms with van der Waals surface area (Å²) in [6, 6.07) is 0. The SMILES string of the molecule is CCCCCCCCC(C)CCN=O. The third-order valence-corrected chi connectivity index (χ3v) is 2.76. The third-order valence-electron chi connectivity index (χ3n) is 2.76. The molecule has 0 aliphatic rings. The molecule has 0 aromatic heterocycles. The van der Waals surface area contributed by atoms with E-state index in [2.05, 4.69) is 19.0 Å². The van der Waals surface area contributed by atoms with Crippen LogP contribution in [0.3, 0.4) is 0 Å². The summed E-state index contributed by atoms with van der Waals surface area (Å²) in [7, 11) is 0. The van der Waals surface area contributed by atoms with E-state index in [0.29, 0.717) is 12.5 Å². The van der Waals surface area contributed by atoms with Crippen LogP contribution in [0.4, 0.5) is 0 Å². The number of unbranched alkanes of at least 4 members (excludes halogenated alkanes) is 5. The van der Waals surface area contributed by atoms with Crippen molar-refractivity contribution in [3.8, 4) is 0 Å². The Labute approximate surface area is 88.4 Å². The van der Waals surface area contributed by atoms with Gasteiger partial charge in [0.15, 0.2) is 0 Å². The Morgan fingerprint density at radius 2 is 1.64 bits per heavy atom.